The lowest BCUT2D eigenvalue weighted by atomic mass is 9.87. The van der Waals surface area contributed by atoms with Gasteiger partial charge in [-0.15, -0.1) is 11.3 Å². The molecule has 0 fully saturated rings. The number of carbonyl (C=O) groups excluding carboxylic acids is 1. The summed E-state index contributed by atoms with van der Waals surface area (Å²) in [7, 11) is 0. The highest BCUT2D eigenvalue weighted by atomic mass is 35.5. The monoisotopic (exact) mass is 279 g/mol. The Hall–Kier alpha value is -1.16. The van der Waals surface area contributed by atoms with Crippen LogP contribution in [-0.2, 0) is 16.8 Å². The first-order chi connectivity index (χ1) is 8.50. The third kappa shape index (κ3) is 2.80. The topological polar surface area (TPSA) is 43.1 Å². The molecule has 0 radical (unpaired) electrons. The molecule has 2 rings (SSSR count). The van der Waals surface area contributed by atoms with Crippen molar-refractivity contribution in [3.8, 4) is 0 Å². The third-order valence-electron chi connectivity index (χ3n) is 2.92. The minimum absolute atomic E-state index is 0.00721. The summed E-state index contributed by atoms with van der Waals surface area (Å²) in [5, 5.41) is 0. The van der Waals surface area contributed by atoms with Crippen LogP contribution >= 0.6 is 22.9 Å². The van der Waals surface area contributed by atoms with Gasteiger partial charge in [-0.25, -0.2) is 0 Å². The van der Waals surface area contributed by atoms with Gasteiger partial charge in [-0.05, 0) is 24.6 Å². The zero-order valence-corrected chi connectivity index (χ0v) is 11.6. The van der Waals surface area contributed by atoms with E-state index in [0.29, 0.717) is 10.8 Å². The van der Waals surface area contributed by atoms with E-state index in [9.17, 15) is 4.79 Å². The average molecular weight is 280 g/mol. The summed E-state index contributed by atoms with van der Waals surface area (Å²) in [5.74, 6) is -0.00721. The molecule has 4 heteroatoms. The minimum Gasteiger partial charge on any atom is -0.315 e. The Morgan fingerprint density at radius 3 is 2.50 bits per heavy atom. The fourth-order valence-corrected chi connectivity index (χ4v) is 2.82. The van der Waals surface area contributed by atoms with Crippen LogP contribution in [0, 0.1) is 0 Å². The molecule has 0 aliphatic rings. The maximum atomic E-state index is 12.3. The molecule has 1 aromatic carbocycles. The van der Waals surface area contributed by atoms with E-state index in [0.717, 1.165) is 10.4 Å². The number of ketones is 1. The Bertz CT molecular complexity index is 548. The molecule has 1 heterocycles. The van der Waals surface area contributed by atoms with Crippen molar-refractivity contribution in [1.29, 1.82) is 0 Å². The van der Waals surface area contributed by atoms with Gasteiger partial charge in [0.05, 0.1) is 9.88 Å². The van der Waals surface area contributed by atoms with E-state index in [1.54, 1.807) is 13.0 Å². The Morgan fingerprint density at radius 2 is 1.94 bits per heavy atom. The number of carbonyl (C=O) groups is 1. The molecule has 0 aliphatic carbocycles. The summed E-state index contributed by atoms with van der Waals surface area (Å²) >= 11 is 7.27. The maximum absolute atomic E-state index is 12.3. The molecular weight excluding hydrogens is 266 g/mol. The van der Waals surface area contributed by atoms with Crippen LogP contribution < -0.4 is 5.73 Å². The first kappa shape index (κ1) is 13.3. The Kier molecular flexibility index (Phi) is 3.85. The molecule has 2 aromatic rings. The van der Waals surface area contributed by atoms with Gasteiger partial charge in [0.15, 0.2) is 5.78 Å². The second kappa shape index (κ2) is 5.22. The predicted octanol–water partition coefficient (Wildman–Crippen LogP) is 3.39. The van der Waals surface area contributed by atoms with Crippen molar-refractivity contribution in [3.63, 3.8) is 0 Å². The van der Waals surface area contributed by atoms with Gasteiger partial charge in [-0.3, -0.25) is 4.79 Å². The molecular formula is C14H14ClNOS. The van der Waals surface area contributed by atoms with Gasteiger partial charge in [0.25, 0.3) is 0 Å². The molecule has 94 valence electrons. The largest absolute Gasteiger partial charge is 0.315 e. The van der Waals surface area contributed by atoms with Crippen molar-refractivity contribution in [1.82, 2.24) is 0 Å². The van der Waals surface area contributed by atoms with Gasteiger partial charge < -0.3 is 5.73 Å². The average Bonchev–Trinajstić information content (AvgIpc) is 2.76. The van der Waals surface area contributed by atoms with Crippen molar-refractivity contribution >= 4 is 28.7 Å². The van der Waals surface area contributed by atoms with Crippen molar-refractivity contribution in [2.45, 2.75) is 18.9 Å². The predicted molar refractivity (Wildman–Crippen MR) is 76.0 cm³/mol. The van der Waals surface area contributed by atoms with Crippen LogP contribution in [0.5, 0.6) is 0 Å². The second-order valence-corrected chi connectivity index (χ2v) is 6.17. The summed E-state index contributed by atoms with van der Waals surface area (Å²) in [6.07, 6.45) is 0.319. The van der Waals surface area contributed by atoms with E-state index in [1.165, 1.54) is 11.3 Å². The smallest absolute Gasteiger partial charge is 0.162 e. The highest BCUT2D eigenvalue weighted by molar-refractivity contribution is 7.16. The molecule has 0 aliphatic heterocycles. The normalized spacial score (nSPS) is 14.2. The Labute approximate surface area is 115 Å². The summed E-state index contributed by atoms with van der Waals surface area (Å²) in [6.45, 7) is 1.75. The summed E-state index contributed by atoms with van der Waals surface area (Å²) in [5.41, 5.74) is 6.03. The maximum Gasteiger partial charge on any atom is 0.162 e. The number of thiophene rings is 1. The fourth-order valence-electron chi connectivity index (χ4n) is 1.73. The van der Waals surface area contributed by atoms with Crippen molar-refractivity contribution < 1.29 is 4.79 Å². The number of benzene rings is 1. The molecule has 18 heavy (non-hydrogen) atoms. The van der Waals surface area contributed by atoms with Gasteiger partial charge in [0.1, 0.15) is 0 Å². The van der Waals surface area contributed by atoms with Crippen LogP contribution in [0.25, 0.3) is 0 Å². The van der Waals surface area contributed by atoms with Crippen molar-refractivity contribution in [2.24, 2.45) is 5.73 Å². The van der Waals surface area contributed by atoms with Gasteiger partial charge >= 0.3 is 0 Å². The molecule has 0 saturated carbocycles. The van der Waals surface area contributed by atoms with E-state index in [2.05, 4.69) is 0 Å². The molecule has 1 atom stereocenters. The van der Waals surface area contributed by atoms with Crippen LogP contribution in [-0.4, -0.2) is 5.78 Å². The summed E-state index contributed by atoms with van der Waals surface area (Å²) in [6, 6.07) is 13.1. The van der Waals surface area contributed by atoms with Crippen LogP contribution in [0.1, 0.15) is 17.4 Å². The lowest BCUT2D eigenvalue weighted by Crippen LogP contribution is -2.42. The van der Waals surface area contributed by atoms with Gasteiger partial charge in [-0.2, -0.15) is 0 Å². The quantitative estimate of drug-likeness (QED) is 0.932. The van der Waals surface area contributed by atoms with Gasteiger partial charge in [-0.1, -0.05) is 41.9 Å². The van der Waals surface area contributed by atoms with Crippen molar-refractivity contribution in [2.75, 3.05) is 0 Å². The Balaban J connectivity index is 2.18. The fraction of sp³-hybridized carbons (Fsp3) is 0.214. The highest BCUT2D eigenvalue weighted by Crippen LogP contribution is 2.25. The van der Waals surface area contributed by atoms with Crippen LogP contribution in [0.2, 0.25) is 4.34 Å². The van der Waals surface area contributed by atoms with Crippen molar-refractivity contribution in [3.05, 3.63) is 57.2 Å². The number of rotatable bonds is 4. The molecule has 1 unspecified atom stereocenters. The number of hydrogen-bond acceptors (Lipinski definition) is 3. The molecule has 0 spiro atoms. The minimum atomic E-state index is -0.961. The lowest BCUT2D eigenvalue weighted by Gasteiger charge is -2.23. The van der Waals surface area contributed by atoms with Crippen LogP contribution in [0.15, 0.2) is 42.5 Å². The van der Waals surface area contributed by atoms with Gasteiger partial charge in [0.2, 0.25) is 0 Å². The molecule has 1 aromatic heterocycles. The number of nitrogens with two attached hydrogens (primary N) is 1. The van der Waals surface area contributed by atoms with Crippen LogP contribution in [0.3, 0.4) is 0 Å². The van der Waals surface area contributed by atoms with E-state index >= 15 is 0 Å². The SMILES string of the molecule is CC(N)(C(=O)Cc1ccc(Cl)s1)c1ccccc1. The Morgan fingerprint density at radius 1 is 1.28 bits per heavy atom. The number of Topliss-reactive ketones (excluding diaryl/α,β-unsaturated/α-hetero) is 1. The standard InChI is InChI=1S/C14H14ClNOS/c1-14(16,10-5-3-2-4-6-10)12(17)9-11-7-8-13(15)18-11/h2-8H,9,16H2,1H3. The van der Waals surface area contributed by atoms with Gasteiger partial charge in [0, 0.05) is 11.3 Å². The van der Waals surface area contributed by atoms with E-state index < -0.39 is 5.54 Å². The molecule has 0 saturated heterocycles. The van der Waals surface area contributed by atoms with Crippen LogP contribution in [0.4, 0.5) is 0 Å². The van der Waals surface area contributed by atoms with E-state index in [1.807, 2.05) is 36.4 Å². The number of hydrogen-bond donors (Lipinski definition) is 1. The lowest BCUT2D eigenvalue weighted by molar-refractivity contribution is -0.123. The number of halogens is 1. The highest BCUT2D eigenvalue weighted by Gasteiger charge is 2.30. The van der Waals surface area contributed by atoms with E-state index in [-0.39, 0.29) is 5.78 Å². The zero-order valence-electron chi connectivity index (χ0n) is 10.0. The summed E-state index contributed by atoms with van der Waals surface area (Å²) in [4.78, 5) is 13.2. The second-order valence-electron chi connectivity index (χ2n) is 4.37. The first-order valence-electron chi connectivity index (χ1n) is 5.62. The first-order valence-corrected chi connectivity index (χ1v) is 6.81. The third-order valence-corrected chi connectivity index (χ3v) is 4.15. The molecule has 0 amide bonds. The molecule has 2 N–H and O–H groups in total. The molecule has 2 nitrogen and oxygen atoms in total. The van der Waals surface area contributed by atoms with E-state index in [4.69, 9.17) is 17.3 Å². The molecule has 0 bridgehead atoms. The summed E-state index contributed by atoms with van der Waals surface area (Å²) < 4.78 is 0.691. The zero-order chi connectivity index (χ0) is 13.2.